The van der Waals surface area contributed by atoms with Crippen molar-refractivity contribution in [2.75, 3.05) is 13.6 Å². The average molecular weight is 248 g/mol. The van der Waals surface area contributed by atoms with Crippen LogP contribution < -0.4 is 11.4 Å². The molecule has 3 N–H and O–H groups in total. The van der Waals surface area contributed by atoms with Crippen molar-refractivity contribution in [3.8, 4) is 6.07 Å². The molecule has 6 nitrogen and oxygen atoms in total. The van der Waals surface area contributed by atoms with E-state index in [1.54, 1.807) is 6.07 Å². The number of nitriles is 1. The van der Waals surface area contributed by atoms with Crippen LogP contribution in [-0.2, 0) is 16.2 Å². The maximum absolute atomic E-state index is 11.1. The SMILES string of the molecule is CN(CCC(=O)ONN)Cc1cccc(C#N)c1. The number of carbonyl (C=O) groups is 1. The van der Waals surface area contributed by atoms with Crippen LogP contribution in [0.2, 0.25) is 0 Å². The molecule has 96 valence electrons. The van der Waals surface area contributed by atoms with E-state index in [0.717, 1.165) is 5.56 Å². The molecule has 0 radical (unpaired) electrons. The third-order valence-corrected chi connectivity index (χ3v) is 2.38. The minimum absolute atomic E-state index is 0.249. The molecule has 0 spiro atoms. The lowest BCUT2D eigenvalue weighted by molar-refractivity contribution is -0.151. The molecule has 0 fully saturated rings. The Bertz CT molecular complexity index is 442. The van der Waals surface area contributed by atoms with Gasteiger partial charge in [0, 0.05) is 13.1 Å². The lowest BCUT2D eigenvalue weighted by atomic mass is 10.1. The molecule has 18 heavy (non-hydrogen) atoms. The minimum atomic E-state index is -0.407. The molecule has 0 aliphatic rings. The summed E-state index contributed by atoms with van der Waals surface area (Å²) in [6.07, 6.45) is 0.249. The number of hydrazine groups is 1. The van der Waals surface area contributed by atoms with Gasteiger partial charge in [0.1, 0.15) is 0 Å². The van der Waals surface area contributed by atoms with E-state index in [4.69, 9.17) is 11.1 Å². The van der Waals surface area contributed by atoms with E-state index >= 15 is 0 Å². The monoisotopic (exact) mass is 248 g/mol. The Hall–Kier alpha value is -1.94. The fourth-order valence-electron chi connectivity index (χ4n) is 1.53. The van der Waals surface area contributed by atoms with Gasteiger partial charge in [0.15, 0.2) is 0 Å². The smallest absolute Gasteiger partial charge is 0.327 e. The van der Waals surface area contributed by atoms with Gasteiger partial charge in [-0.2, -0.15) is 5.26 Å². The van der Waals surface area contributed by atoms with E-state index in [9.17, 15) is 4.79 Å². The molecule has 1 aromatic rings. The topological polar surface area (TPSA) is 91.4 Å². The Morgan fingerprint density at radius 1 is 1.61 bits per heavy atom. The molecular weight excluding hydrogens is 232 g/mol. The first-order valence-corrected chi connectivity index (χ1v) is 5.48. The fourth-order valence-corrected chi connectivity index (χ4v) is 1.53. The van der Waals surface area contributed by atoms with Gasteiger partial charge >= 0.3 is 5.97 Å². The second-order valence-corrected chi connectivity index (χ2v) is 3.89. The summed E-state index contributed by atoms with van der Waals surface area (Å²) in [4.78, 5) is 17.4. The lowest BCUT2D eigenvalue weighted by Gasteiger charge is -2.15. The summed E-state index contributed by atoms with van der Waals surface area (Å²) in [6, 6.07) is 9.46. The molecule has 0 aliphatic heterocycles. The minimum Gasteiger partial charge on any atom is -0.356 e. The summed E-state index contributed by atoms with van der Waals surface area (Å²) in [5.41, 5.74) is 3.51. The summed E-state index contributed by atoms with van der Waals surface area (Å²) >= 11 is 0. The van der Waals surface area contributed by atoms with E-state index in [0.29, 0.717) is 18.7 Å². The van der Waals surface area contributed by atoms with E-state index in [2.05, 4.69) is 10.9 Å². The average Bonchev–Trinajstić information content (AvgIpc) is 2.37. The zero-order valence-corrected chi connectivity index (χ0v) is 10.2. The first-order chi connectivity index (χ1) is 8.65. The van der Waals surface area contributed by atoms with Crippen LogP contribution in [0.5, 0.6) is 0 Å². The second-order valence-electron chi connectivity index (χ2n) is 3.89. The van der Waals surface area contributed by atoms with Crippen LogP contribution in [0.3, 0.4) is 0 Å². The van der Waals surface area contributed by atoms with Crippen molar-refractivity contribution >= 4 is 5.97 Å². The van der Waals surface area contributed by atoms with Crippen molar-refractivity contribution < 1.29 is 9.63 Å². The maximum atomic E-state index is 11.1. The van der Waals surface area contributed by atoms with Gasteiger partial charge < -0.3 is 9.74 Å². The van der Waals surface area contributed by atoms with Gasteiger partial charge in [-0.25, -0.2) is 5.84 Å². The number of benzene rings is 1. The molecule has 6 heteroatoms. The predicted molar refractivity (Wildman–Crippen MR) is 65.5 cm³/mol. The Labute approximate surface area is 106 Å². The maximum Gasteiger partial charge on any atom is 0.327 e. The van der Waals surface area contributed by atoms with Crippen molar-refractivity contribution in [2.45, 2.75) is 13.0 Å². The number of hydrogen-bond acceptors (Lipinski definition) is 6. The Morgan fingerprint density at radius 3 is 3.06 bits per heavy atom. The summed E-state index contributed by atoms with van der Waals surface area (Å²) in [7, 11) is 1.89. The molecule has 1 rings (SSSR count). The molecule has 0 heterocycles. The van der Waals surface area contributed by atoms with Gasteiger partial charge in [0.25, 0.3) is 0 Å². The van der Waals surface area contributed by atoms with Crippen LogP contribution in [-0.4, -0.2) is 24.5 Å². The van der Waals surface area contributed by atoms with Gasteiger partial charge in [-0.1, -0.05) is 17.7 Å². The number of nitrogens with one attached hydrogen (secondary N) is 1. The van der Waals surface area contributed by atoms with Gasteiger partial charge in [0.05, 0.1) is 18.1 Å². The number of nitrogens with two attached hydrogens (primary N) is 1. The molecule has 0 atom stereocenters. The van der Waals surface area contributed by atoms with Crippen molar-refractivity contribution in [1.82, 2.24) is 10.5 Å². The van der Waals surface area contributed by atoms with Gasteiger partial charge in [-0.05, 0) is 24.7 Å². The summed E-state index contributed by atoms with van der Waals surface area (Å²) in [5, 5.41) is 8.79. The zero-order chi connectivity index (χ0) is 13.4. The van der Waals surface area contributed by atoms with Crippen molar-refractivity contribution in [3.63, 3.8) is 0 Å². The van der Waals surface area contributed by atoms with E-state index < -0.39 is 5.97 Å². The van der Waals surface area contributed by atoms with Crippen LogP contribution >= 0.6 is 0 Å². The van der Waals surface area contributed by atoms with Crippen molar-refractivity contribution in [3.05, 3.63) is 35.4 Å². The largest absolute Gasteiger partial charge is 0.356 e. The fraction of sp³-hybridized carbons (Fsp3) is 0.333. The molecule has 0 aliphatic carbocycles. The summed E-state index contributed by atoms with van der Waals surface area (Å²) in [5.74, 6) is 4.45. The molecule has 0 saturated carbocycles. The normalized spacial score (nSPS) is 10.1. The Balaban J connectivity index is 2.42. The van der Waals surface area contributed by atoms with Gasteiger partial charge in [0.2, 0.25) is 0 Å². The van der Waals surface area contributed by atoms with Crippen LogP contribution in [0.25, 0.3) is 0 Å². The van der Waals surface area contributed by atoms with Crippen LogP contribution in [0, 0.1) is 11.3 Å². The quantitative estimate of drug-likeness (QED) is 0.556. The standard InChI is InChI=1S/C12H16N4O2/c1-16(6-5-12(17)18-15-14)9-11-4-2-3-10(7-11)8-13/h2-4,7,15H,5-6,9,14H2,1H3. The first kappa shape index (κ1) is 14.1. The third-order valence-electron chi connectivity index (χ3n) is 2.38. The first-order valence-electron chi connectivity index (χ1n) is 5.48. The van der Waals surface area contributed by atoms with Crippen LogP contribution in [0.4, 0.5) is 0 Å². The van der Waals surface area contributed by atoms with Crippen LogP contribution in [0.1, 0.15) is 17.5 Å². The van der Waals surface area contributed by atoms with Gasteiger partial charge in [-0.15, -0.1) is 0 Å². The highest BCUT2D eigenvalue weighted by Crippen LogP contribution is 2.07. The molecule has 0 saturated heterocycles. The third kappa shape index (κ3) is 4.93. The second kappa shape index (κ2) is 7.40. The number of hydrogen-bond donors (Lipinski definition) is 2. The molecule has 0 amide bonds. The predicted octanol–water partition coefficient (Wildman–Crippen LogP) is 0.302. The van der Waals surface area contributed by atoms with E-state index in [1.165, 1.54) is 0 Å². The summed E-state index contributed by atoms with van der Waals surface area (Å²) < 4.78 is 0. The molecule has 0 unspecified atom stereocenters. The highest BCUT2D eigenvalue weighted by Gasteiger charge is 2.06. The van der Waals surface area contributed by atoms with Gasteiger partial charge in [-0.3, -0.25) is 4.79 Å². The number of nitrogens with zero attached hydrogens (tertiary/aromatic N) is 2. The highest BCUT2D eigenvalue weighted by atomic mass is 16.7. The molecule has 1 aromatic carbocycles. The summed E-state index contributed by atoms with van der Waals surface area (Å²) in [6.45, 7) is 1.22. The number of rotatable bonds is 6. The highest BCUT2D eigenvalue weighted by molar-refractivity contribution is 5.69. The van der Waals surface area contributed by atoms with Crippen molar-refractivity contribution in [2.24, 2.45) is 5.84 Å². The Morgan fingerprint density at radius 2 is 2.39 bits per heavy atom. The Kier molecular flexibility index (Phi) is 5.80. The van der Waals surface area contributed by atoms with E-state index in [1.807, 2.05) is 35.7 Å². The van der Waals surface area contributed by atoms with Crippen LogP contribution in [0.15, 0.2) is 24.3 Å². The molecular formula is C12H16N4O2. The van der Waals surface area contributed by atoms with E-state index in [-0.39, 0.29) is 6.42 Å². The molecule has 0 bridgehead atoms. The number of carbonyl (C=O) groups excluding carboxylic acids is 1. The van der Waals surface area contributed by atoms with Crippen molar-refractivity contribution in [1.29, 1.82) is 5.26 Å². The zero-order valence-electron chi connectivity index (χ0n) is 10.2. The molecule has 0 aromatic heterocycles. The lowest BCUT2D eigenvalue weighted by Crippen LogP contribution is -2.29.